The van der Waals surface area contributed by atoms with Gasteiger partial charge in [-0.3, -0.25) is 14.4 Å². The summed E-state index contributed by atoms with van der Waals surface area (Å²) in [7, 11) is 0. The third-order valence-electron chi connectivity index (χ3n) is 9.63. The first-order valence-electron chi connectivity index (χ1n) is 24.7. The van der Waals surface area contributed by atoms with Gasteiger partial charge in [0, 0.05) is 19.3 Å². The van der Waals surface area contributed by atoms with Crippen LogP contribution in [0.2, 0.25) is 0 Å². The molecule has 0 N–H and O–H groups in total. The molecule has 0 aromatic heterocycles. The van der Waals surface area contributed by atoms with Crippen molar-refractivity contribution in [3.63, 3.8) is 0 Å². The summed E-state index contributed by atoms with van der Waals surface area (Å²) >= 11 is 0. The fraction of sp³-hybridized carbons (Fsp3) is 0.561. The van der Waals surface area contributed by atoms with E-state index in [9.17, 15) is 14.4 Å². The van der Waals surface area contributed by atoms with Crippen molar-refractivity contribution >= 4 is 17.9 Å². The van der Waals surface area contributed by atoms with E-state index in [0.717, 1.165) is 135 Å². The van der Waals surface area contributed by atoms with Gasteiger partial charge in [-0.2, -0.15) is 0 Å². The summed E-state index contributed by atoms with van der Waals surface area (Å²) in [6.45, 7) is 6.18. The molecule has 0 spiro atoms. The monoisotopic (exact) mass is 869 g/mol. The van der Waals surface area contributed by atoms with E-state index in [1.807, 2.05) is 0 Å². The maximum atomic E-state index is 12.8. The van der Waals surface area contributed by atoms with Crippen molar-refractivity contribution in [1.29, 1.82) is 0 Å². The molecule has 0 aromatic rings. The largest absolute Gasteiger partial charge is 0.462 e. The highest BCUT2D eigenvalue weighted by Crippen LogP contribution is 2.11. The molecule has 6 heteroatoms. The molecule has 1 atom stereocenters. The summed E-state index contributed by atoms with van der Waals surface area (Å²) in [4.78, 5) is 37.9. The Hall–Kier alpha value is -4.45. The zero-order valence-corrected chi connectivity index (χ0v) is 40.0. The highest BCUT2D eigenvalue weighted by Gasteiger charge is 2.19. The molecule has 0 aliphatic rings. The van der Waals surface area contributed by atoms with Gasteiger partial charge in [-0.25, -0.2) is 0 Å². The van der Waals surface area contributed by atoms with Gasteiger partial charge in [-0.1, -0.05) is 174 Å². The molecular formula is C57H88O6. The summed E-state index contributed by atoms with van der Waals surface area (Å²) in [5.74, 6) is -1.04. The molecule has 0 saturated carbocycles. The van der Waals surface area contributed by atoms with Crippen LogP contribution in [-0.4, -0.2) is 37.2 Å². The zero-order chi connectivity index (χ0) is 45.8. The average molecular weight is 869 g/mol. The molecule has 63 heavy (non-hydrogen) atoms. The maximum absolute atomic E-state index is 12.8. The molecule has 0 bridgehead atoms. The Morgan fingerprint density at radius 2 is 0.571 bits per heavy atom. The van der Waals surface area contributed by atoms with Crippen LogP contribution in [-0.2, 0) is 28.6 Å². The molecule has 0 aromatic carbocycles. The van der Waals surface area contributed by atoms with E-state index >= 15 is 0 Å². The molecule has 6 nitrogen and oxygen atoms in total. The number of unbranched alkanes of at least 4 members (excludes halogenated alkanes) is 9. The lowest BCUT2D eigenvalue weighted by atomic mass is 10.1. The van der Waals surface area contributed by atoms with E-state index in [2.05, 4.69) is 154 Å². The minimum Gasteiger partial charge on any atom is -0.462 e. The predicted molar refractivity (Wildman–Crippen MR) is 269 cm³/mol. The van der Waals surface area contributed by atoms with E-state index in [4.69, 9.17) is 14.2 Å². The average Bonchev–Trinajstić information content (AvgIpc) is 3.28. The van der Waals surface area contributed by atoms with Gasteiger partial charge in [0.05, 0.1) is 0 Å². The summed E-state index contributed by atoms with van der Waals surface area (Å²) < 4.78 is 16.7. The van der Waals surface area contributed by atoms with E-state index in [0.29, 0.717) is 19.3 Å². The van der Waals surface area contributed by atoms with Crippen LogP contribution >= 0.6 is 0 Å². The van der Waals surface area contributed by atoms with Crippen molar-refractivity contribution in [3.8, 4) is 0 Å². The highest BCUT2D eigenvalue weighted by molar-refractivity contribution is 5.71. The smallest absolute Gasteiger partial charge is 0.306 e. The molecule has 0 unspecified atom stereocenters. The molecule has 0 fully saturated rings. The summed E-state index contributed by atoms with van der Waals surface area (Å²) in [5.41, 5.74) is 0. The topological polar surface area (TPSA) is 78.9 Å². The number of allylic oxidation sites excluding steroid dienone is 22. The van der Waals surface area contributed by atoms with Crippen LogP contribution in [0.5, 0.6) is 0 Å². The number of hydrogen-bond donors (Lipinski definition) is 0. The number of rotatable bonds is 42. The molecule has 352 valence electrons. The van der Waals surface area contributed by atoms with Crippen molar-refractivity contribution in [2.45, 2.75) is 194 Å². The number of carbonyl (C=O) groups is 3. The van der Waals surface area contributed by atoms with Crippen LogP contribution < -0.4 is 0 Å². The van der Waals surface area contributed by atoms with Crippen LogP contribution in [0.15, 0.2) is 134 Å². The Kier molecular flexibility index (Phi) is 46.7. The molecule has 0 aliphatic carbocycles. The van der Waals surface area contributed by atoms with Crippen molar-refractivity contribution < 1.29 is 28.6 Å². The van der Waals surface area contributed by atoms with Gasteiger partial charge in [-0.15, -0.1) is 0 Å². The minimum atomic E-state index is -0.828. The van der Waals surface area contributed by atoms with Crippen molar-refractivity contribution in [1.82, 2.24) is 0 Å². The standard InChI is InChI=1S/C57H88O6/c1-4-7-10-13-16-19-22-25-28-31-34-37-40-43-46-49-55(58)61-52-54(63-57(60)51-48-45-42-39-36-33-30-27-24-21-18-15-12-9-6-3)53-62-56(59)50-47-44-41-38-35-32-29-26-23-20-17-14-11-8-5-2/h7-12,16-21,25-30,34,36-37,39,54H,4-6,13-15,22-24,31-33,35,38,40-53H2,1-3H3/b10-7-,11-8-,12-9-,19-16-,20-17-,21-18-,28-25-,29-26-,30-27-,37-34-,39-36-/t54-/m0/s1. The lowest BCUT2D eigenvalue weighted by Gasteiger charge is -2.18. The highest BCUT2D eigenvalue weighted by atomic mass is 16.6. The second-order valence-electron chi connectivity index (χ2n) is 15.6. The SMILES string of the molecule is CC/C=C\C/C=C\C/C=C\C/C=C\CCCCC(=O)OC[C@@H](COC(=O)CCCCCCC/C=C\C/C=C\C/C=C\CC)OC(=O)CCCC/C=C\C/C=C\C/C=C\C/C=C\CC. The third-order valence-corrected chi connectivity index (χ3v) is 9.63. The molecular weight excluding hydrogens is 781 g/mol. The number of hydrogen-bond acceptors (Lipinski definition) is 6. The van der Waals surface area contributed by atoms with Gasteiger partial charge in [0.15, 0.2) is 6.10 Å². The molecule has 0 radical (unpaired) electrons. The zero-order valence-electron chi connectivity index (χ0n) is 40.0. The van der Waals surface area contributed by atoms with Gasteiger partial charge in [0.25, 0.3) is 0 Å². The van der Waals surface area contributed by atoms with Crippen LogP contribution in [0.25, 0.3) is 0 Å². The Bertz CT molecular complexity index is 1420. The number of carbonyl (C=O) groups excluding carboxylic acids is 3. The normalized spacial score (nSPS) is 13.3. The lowest BCUT2D eigenvalue weighted by molar-refractivity contribution is -0.167. The van der Waals surface area contributed by atoms with E-state index < -0.39 is 6.10 Å². The number of ether oxygens (including phenoxy) is 3. The van der Waals surface area contributed by atoms with Crippen LogP contribution in [0.1, 0.15) is 188 Å². The Morgan fingerprint density at radius 3 is 0.921 bits per heavy atom. The molecule has 0 aliphatic heterocycles. The van der Waals surface area contributed by atoms with Crippen molar-refractivity contribution in [2.75, 3.05) is 13.2 Å². The molecule has 0 rings (SSSR count). The lowest BCUT2D eigenvalue weighted by Crippen LogP contribution is -2.30. The first-order chi connectivity index (χ1) is 31.0. The van der Waals surface area contributed by atoms with Gasteiger partial charge in [-0.05, 0) is 128 Å². The van der Waals surface area contributed by atoms with Crippen molar-refractivity contribution in [3.05, 3.63) is 134 Å². The number of esters is 3. The Labute approximate surface area is 385 Å². The van der Waals surface area contributed by atoms with Gasteiger partial charge >= 0.3 is 17.9 Å². The maximum Gasteiger partial charge on any atom is 0.306 e. The second-order valence-corrected chi connectivity index (χ2v) is 15.6. The Balaban J connectivity index is 4.59. The predicted octanol–water partition coefficient (Wildman–Crippen LogP) is 16.3. The minimum absolute atomic E-state index is 0.122. The van der Waals surface area contributed by atoms with Crippen LogP contribution in [0.4, 0.5) is 0 Å². The van der Waals surface area contributed by atoms with E-state index in [1.165, 1.54) is 0 Å². The second kappa shape index (κ2) is 50.2. The van der Waals surface area contributed by atoms with E-state index in [1.54, 1.807) is 0 Å². The molecule has 0 heterocycles. The summed E-state index contributed by atoms with van der Waals surface area (Å²) in [6.07, 6.45) is 70.1. The molecule has 0 saturated heterocycles. The fourth-order valence-corrected chi connectivity index (χ4v) is 6.02. The first kappa shape index (κ1) is 58.6. The molecule has 0 amide bonds. The van der Waals surface area contributed by atoms with Gasteiger partial charge in [0.1, 0.15) is 13.2 Å². The Morgan fingerprint density at radius 1 is 0.317 bits per heavy atom. The van der Waals surface area contributed by atoms with E-state index in [-0.39, 0.29) is 44.0 Å². The van der Waals surface area contributed by atoms with Gasteiger partial charge in [0.2, 0.25) is 0 Å². The van der Waals surface area contributed by atoms with Crippen LogP contribution in [0.3, 0.4) is 0 Å². The summed E-state index contributed by atoms with van der Waals surface area (Å²) in [6, 6.07) is 0. The quantitative estimate of drug-likeness (QED) is 0.0263. The van der Waals surface area contributed by atoms with Crippen molar-refractivity contribution in [2.24, 2.45) is 0 Å². The van der Waals surface area contributed by atoms with Gasteiger partial charge < -0.3 is 14.2 Å². The fourth-order valence-electron chi connectivity index (χ4n) is 6.02. The van der Waals surface area contributed by atoms with Crippen LogP contribution in [0, 0.1) is 0 Å². The first-order valence-corrected chi connectivity index (χ1v) is 24.7. The summed E-state index contributed by atoms with van der Waals surface area (Å²) in [5, 5.41) is 0. The third kappa shape index (κ3) is 48.4.